The number of carbonyl (C=O) groups is 2. The number of hydrogen-bond acceptors (Lipinski definition) is 3. The molecule has 0 unspecified atom stereocenters. The Kier molecular flexibility index (Phi) is 4.33. The van der Waals surface area contributed by atoms with Crippen LogP contribution in [0.25, 0.3) is 0 Å². The fourth-order valence-electron chi connectivity index (χ4n) is 1.99. The predicted octanol–water partition coefficient (Wildman–Crippen LogP) is 2.52. The van der Waals surface area contributed by atoms with Crippen LogP contribution in [0.1, 0.15) is 53.9 Å². The summed E-state index contributed by atoms with van der Waals surface area (Å²) in [5.41, 5.74) is -0.884. The molecule has 0 heterocycles. The zero-order valence-electron chi connectivity index (χ0n) is 13.1. The van der Waals surface area contributed by atoms with E-state index in [1.165, 1.54) is 7.11 Å². The van der Waals surface area contributed by atoms with E-state index in [9.17, 15) is 9.59 Å². The fourth-order valence-corrected chi connectivity index (χ4v) is 1.99. The normalized spacial score (nSPS) is 18.4. The Morgan fingerprint density at radius 1 is 1.16 bits per heavy atom. The van der Waals surface area contributed by atoms with Gasteiger partial charge in [-0.25, -0.2) is 0 Å². The minimum Gasteiger partial charge on any atom is -0.468 e. The van der Waals surface area contributed by atoms with Crippen LogP contribution in [-0.2, 0) is 14.3 Å². The van der Waals surface area contributed by atoms with E-state index in [2.05, 4.69) is 39.9 Å². The van der Waals surface area contributed by atoms with Crippen LogP contribution in [0.15, 0.2) is 0 Å². The third-order valence-corrected chi connectivity index (χ3v) is 4.94. The van der Waals surface area contributed by atoms with Gasteiger partial charge in [0.15, 0.2) is 0 Å². The van der Waals surface area contributed by atoms with E-state index in [0.717, 1.165) is 6.42 Å². The summed E-state index contributed by atoms with van der Waals surface area (Å²) in [6, 6.07) is 0. The van der Waals surface area contributed by atoms with E-state index in [1.807, 2.05) is 0 Å². The lowest BCUT2D eigenvalue weighted by atomic mass is 9.67. The number of rotatable bonds is 4. The Morgan fingerprint density at radius 3 is 2.00 bits per heavy atom. The van der Waals surface area contributed by atoms with Crippen LogP contribution in [0.4, 0.5) is 0 Å². The van der Waals surface area contributed by atoms with Gasteiger partial charge in [-0.05, 0) is 23.7 Å². The molecule has 0 bridgehead atoms. The molecule has 0 aliphatic heterocycles. The molecule has 0 aromatic heterocycles. The minimum atomic E-state index is -0.928. The van der Waals surface area contributed by atoms with E-state index >= 15 is 0 Å². The second-order valence-electron chi connectivity index (χ2n) is 7.24. The Hall–Kier alpha value is -1.06. The first-order valence-electron chi connectivity index (χ1n) is 6.93. The van der Waals surface area contributed by atoms with Gasteiger partial charge >= 0.3 is 5.97 Å². The van der Waals surface area contributed by atoms with Crippen molar-refractivity contribution >= 4 is 11.9 Å². The summed E-state index contributed by atoms with van der Waals surface area (Å²) >= 11 is 0. The molecular weight excluding hydrogens is 242 g/mol. The smallest absolute Gasteiger partial charge is 0.321 e. The monoisotopic (exact) mass is 269 g/mol. The number of carbonyl (C=O) groups excluding carboxylic acids is 2. The van der Waals surface area contributed by atoms with Gasteiger partial charge in [-0.1, -0.05) is 41.0 Å². The zero-order chi connectivity index (χ0) is 14.9. The minimum absolute atomic E-state index is 0.0380. The van der Waals surface area contributed by atoms with Crippen LogP contribution in [0.5, 0.6) is 0 Å². The highest BCUT2D eigenvalue weighted by molar-refractivity contribution is 6.03. The van der Waals surface area contributed by atoms with E-state index < -0.39 is 11.4 Å². The van der Waals surface area contributed by atoms with Gasteiger partial charge < -0.3 is 10.1 Å². The molecule has 0 aromatic rings. The first-order valence-corrected chi connectivity index (χ1v) is 6.93. The first kappa shape index (κ1) is 16.0. The van der Waals surface area contributed by atoms with E-state index in [4.69, 9.17) is 4.74 Å². The first-order chi connectivity index (χ1) is 8.57. The van der Waals surface area contributed by atoms with Gasteiger partial charge in [0, 0.05) is 6.54 Å². The molecule has 0 radical (unpaired) electrons. The van der Waals surface area contributed by atoms with Crippen molar-refractivity contribution in [2.45, 2.75) is 53.9 Å². The molecule has 0 spiro atoms. The Morgan fingerprint density at radius 2 is 1.68 bits per heavy atom. The Bertz CT molecular complexity index is 362. The van der Waals surface area contributed by atoms with Crippen LogP contribution in [-0.4, -0.2) is 25.5 Å². The number of nitrogens with one attached hydrogen (secondary N) is 1. The topological polar surface area (TPSA) is 55.4 Å². The van der Waals surface area contributed by atoms with E-state index in [1.54, 1.807) is 0 Å². The van der Waals surface area contributed by atoms with Crippen molar-refractivity contribution in [3.8, 4) is 0 Å². The van der Waals surface area contributed by atoms with Crippen molar-refractivity contribution < 1.29 is 14.3 Å². The molecule has 1 N–H and O–H groups in total. The lowest BCUT2D eigenvalue weighted by Crippen LogP contribution is -2.54. The van der Waals surface area contributed by atoms with Crippen LogP contribution in [0.3, 0.4) is 0 Å². The highest BCUT2D eigenvalue weighted by Gasteiger charge is 2.52. The molecule has 19 heavy (non-hydrogen) atoms. The SMILES string of the molecule is COC(=O)C1(C(=O)NCC(C)(C)C(C)(C)C)CCC1. The summed E-state index contributed by atoms with van der Waals surface area (Å²) in [6.45, 7) is 11.3. The average molecular weight is 269 g/mol. The van der Waals surface area contributed by atoms with Gasteiger partial charge in [0.2, 0.25) is 5.91 Å². The van der Waals surface area contributed by atoms with E-state index in [-0.39, 0.29) is 16.7 Å². The van der Waals surface area contributed by atoms with Crippen LogP contribution >= 0.6 is 0 Å². The molecule has 1 amide bonds. The van der Waals surface area contributed by atoms with Gasteiger partial charge in [-0.2, -0.15) is 0 Å². The molecular formula is C15H27NO3. The average Bonchev–Trinajstić information content (AvgIpc) is 2.23. The van der Waals surface area contributed by atoms with Gasteiger partial charge in [-0.15, -0.1) is 0 Å². The molecule has 1 aliphatic carbocycles. The van der Waals surface area contributed by atoms with Gasteiger partial charge in [0.05, 0.1) is 7.11 Å². The Balaban J connectivity index is 2.68. The van der Waals surface area contributed by atoms with E-state index in [0.29, 0.717) is 19.4 Å². The maximum atomic E-state index is 12.3. The zero-order valence-corrected chi connectivity index (χ0v) is 13.1. The number of ether oxygens (including phenoxy) is 1. The van der Waals surface area contributed by atoms with Crippen molar-refractivity contribution in [3.63, 3.8) is 0 Å². The molecule has 0 atom stereocenters. The van der Waals surface area contributed by atoms with Crippen LogP contribution in [0.2, 0.25) is 0 Å². The second-order valence-corrected chi connectivity index (χ2v) is 7.24. The lowest BCUT2D eigenvalue weighted by Gasteiger charge is -2.41. The standard InChI is InChI=1S/C15H27NO3/c1-13(2,3)14(4,5)10-16-11(17)15(8-7-9-15)12(18)19-6/h7-10H2,1-6H3,(H,16,17). The van der Waals surface area contributed by atoms with Crippen molar-refractivity contribution in [1.29, 1.82) is 0 Å². The summed E-state index contributed by atoms with van der Waals surface area (Å²) < 4.78 is 4.78. The summed E-state index contributed by atoms with van der Waals surface area (Å²) in [4.78, 5) is 24.1. The number of amides is 1. The molecule has 1 aliphatic rings. The summed E-state index contributed by atoms with van der Waals surface area (Å²) in [6.07, 6.45) is 2.11. The summed E-state index contributed by atoms with van der Waals surface area (Å²) in [5.74, 6) is -0.576. The van der Waals surface area contributed by atoms with Crippen molar-refractivity contribution in [3.05, 3.63) is 0 Å². The highest BCUT2D eigenvalue weighted by atomic mass is 16.5. The number of hydrogen-bond donors (Lipinski definition) is 1. The lowest BCUT2D eigenvalue weighted by molar-refractivity contribution is -0.165. The van der Waals surface area contributed by atoms with Crippen molar-refractivity contribution in [1.82, 2.24) is 5.32 Å². The van der Waals surface area contributed by atoms with Crippen molar-refractivity contribution in [2.75, 3.05) is 13.7 Å². The molecule has 4 nitrogen and oxygen atoms in total. The van der Waals surface area contributed by atoms with Gasteiger partial charge in [-0.3, -0.25) is 9.59 Å². The molecule has 110 valence electrons. The maximum absolute atomic E-state index is 12.3. The highest BCUT2D eigenvalue weighted by Crippen LogP contribution is 2.43. The fraction of sp³-hybridized carbons (Fsp3) is 0.867. The largest absolute Gasteiger partial charge is 0.468 e. The molecule has 4 heteroatoms. The Labute approximate surface area is 116 Å². The number of esters is 1. The molecule has 0 saturated heterocycles. The van der Waals surface area contributed by atoms with Gasteiger partial charge in [0.1, 0.15) is 5.41 Å². The second kappa shape index (κ2) is 5.14. The van der Waals surface area contributed by atoms with Crippen molar-refractivity contribution in [2.24, 2.45) is 16.2 Å². The molecule has 1 rings (SSSR count). The molecule has 1 saturated carbocycles. The van der Waals surface area contributed by atoms with Crippen LogP contribution in [0, 0.1) is 16.2 Å². The number of methoxy groups -OCH3 is 1. The third kappa shape index (κ3) is 2.93. The van der Waals surface area contributed by atoms with Crippen LogP contribution < -0.4 is 5.32 Å². The quantitative estimate of drug-likeness (QED) is 0.630. The summed E-state index contributed by atoms with van der Waals surface area (Å²) in [5, 5.41) is 2.95. The molecule has 1 fully saturated rings. The predicted molar refractivity (Wildman–Crippen MR) is 74.5 cm³/mol. The summed E-state index contributed by atoms with van der Waals surface area (Å²) in [7, 11) is 1.34. The maximum Gasteiger partial charge on any atom is 0.321 e. The third-order valence-electron chi connectivity index (χ3n) is 4.94. The molecule has 0 aromatic carbocycles. The van der Waals surface area contributed by atoms with Gasteiger partial charge in [0.25, 0.3) is 0 Å².